The van der Waals surface area contributed by atoms with Crippen molar-refractivity contribution in [2.24, 2.45) is 5.73 Å². The number of halogens is 3. The van der Waals surface area contributed by atoms with Gasteiger partial charge in [0, 0.05) is 11.1 Å². The number of quaternary nitrogens is 1. The van der Waals surface area contributed by atoms with Gasteiger partial charge in [0.1, 0.15) is 11.8 Å². The highest BCUT2D eigenvalue weighted by molar-refractivity contribution is 5.94. The summed E-state index contributed by atoms with van der Waals surface area (Å²) in [5, 5.41) is 0. The number of alkyl halides is 3. The summed E-state index contributed by atoms with van der Waals surface area (Å²) < 4.78 is 45.7. The number of carbonyl (C=O) groups is 1. The predicted molar refractivity (Wildman–Crippen MR) is 145 cm³/mol. The first-order valence-electron chi connectivity index (χ1n) is 13.5. The number of nitrogens with two attached hydrogens (primary N) is 1. The van der Waals surface area contributed by atoms with Crippen LogP contribution in [0.5, 0.6) is 5.75 Å². The molecule has 2 aromatic rings. The zero-order valence-corrected chi connectivity index (χ0v) is 23.6. The lowest BCUT2D eigenvalue weighted by Crippen LogP contribution is -2.68. The largest absolute Gasteiger partial charge is 0.493 e. The van der Waals surface area contributed by atoms with Gasteiger partial charge in [-0.05, 0) is 108 Å². The Balaban J connectivity index is 1.79. The van der Waals surface area contributed by atoms with Crippen LogP contribution in [0, 0.1) is 13.8 Å². The third-order valence-corrected chi connectivity index (χ3v) is 8.45. The van der Waals surface area contributed by atoms with Crippen molar-refractivity contribution in [3.63, 3.8) is 0 Å². The maximum Gasteiger partial charge on any atom is 0.416 e. The van der Waals surface area contributed by atoms with E-state index in [4.69, 9.17) is 10.5 Å². The van der Waals surface area contributed by atoms with Crippen LogP contribution in [0.2, 0.25) is 0 Å². The van der Waals surface area contributed by atoms with E-state index < -0.39 is 11.7 Å². The van der Waals surface area contributed by atoms with Crippen LogP contribution in [0.25, 0.3) is 0 Å². The number of hydrogen-bond donors (Lipinski definition) is 1. The Morgan fingerprint density at radius 2 is 1.61 bits per heavy atom. The SMILES string of the molecule is Cc1c(OCCCCN)ccc(C(C)[N+]2(C(C)(C)C)CCN(C(=O)c3ccc(C(F)(F)F)cc3)CC2)c1C. The van der Waals surface area contributed by atoms with Crippen molar-refractivity contribution < 1.29 is 27.2 Å². The Kier molecular flexibility index (Phi) is 9.20. The van der Waals surface area contributed by atoms with Gasteiger partial charge >= 0.3 is 6.18 Å². The fourth-order valence-electron chi connectivity index (χ4n) is 5.77. The number of benzene rings is 2. The molecule has 1 aliphatic rings. The summed E-state index contributed by atoms with van der Waals surface area (Å²) >= 11 is 0. The van der Waals surface area contributed by atoms with Gasteiger partial charge in [-0.3, -0.25) is 4.79 Å². The number of rotatable bonds is 8. The first-order valence-corrected chi connectivity index (χ1v) is 13.5. The minimum absolute atomic E-state index is 0.0827. The lowest BCUT2D eigenvalue weighted by atomic mass is 9.88. The van der Waals surface area contributed by atoms with Crippen molar-refractivity contribution in [1.29, 1.82) is 0 Å². The van der Waals surface area contributed by atoms with Gasteiger partial charge in [0.25, 0.3) is 5.91 Å². The molecular formula is C30H43F3N3O2+. The van der Waals surface area contributed by atoms with E-state index in [1.165, 1.54) is 23.3 Å². The van der Waals surface area contributed by atoms with Crippen molar-refractivity contribution in [3.8, 4) is 5.75 Å². The smallest absolute Gasteiger partial charge is 0.416 e. The molecule has 1 unspecified atom stereocenters. The minimum atomic E-state index is -4.42. The molecule has 8 heteroatoms. The molecule has 1 fully saturated rings. The third-order valence-electron chi connectivity index (χ3n) is 8.45. The Bertz CT molecular complexity index is 1100. The predicted octanol–water partition coefficient (Wildman–Crippen LogP) is 6.27. The van der Waals surface area contributed by atoms with Gasteiger partial charge in [0.15, 0.2) is 0 Å². The Hall–Kier alpha value is -2.58. The fourth-order valence-corrected chi connectivity index (χ4v) is 5.77. The Morgan fingerprint density at radius 1 is 1.00 bits per heavy atom. The third kappa shape index (κ3) is 6.18. The van der Waals surface area contributed by atoms with E-state index in [1.54, 1.807) is 4.90 Å². The second kappa shape index (κ2) is 11.7. The minimum Gasteiger partial charge on any atom is -0.493 e. The maximum atomic E-state index is 13.1. The van der Waals surface area contributed by atoms with Crippen LogP contribution in [0.15, 0.2) is 36.4 Å². The summed E-state index contributed by atoms with van der Waals surface area (Å²) in [7, 11) is 0. The molecule has 0 bridgehead atoms. The average Bonchev–Trinajstić information content (AvgIpc) is 2.87. The summed E-state index contributed by atoms with van der Waals surface area (Å²) in [6.07, 6.45) is -2.55. The molecule has 38 heavy (non-hydrogen) atoms. The topological polar surface area (TPSA) is 55.6 Å². The van der Waals surface area contributed by atoms with E-state index in [9.17, 15) is 18.0 Å². The summed E-state index contributed by atoms with van der Waals surface area (Å²) in [4.78, 5) is 14.9. The molecule has 1 saturated heterocycles. The molecule has 2 aromatic carbocycles. The van der Waals surface area contributed by atoms with Gasteiger partial charge in [-0.15, -0.1) is 0 Å². The van der Waals surface area contributed by atoms with Crippen LogP contribution in [-0.2, 0) is 6.18 Å². The first kappa shape index (κ1) is 30.0. The highest BCUT2D eigenvalue weighted by atomic mass is 19.4. The number of carbonyl (C=O) groups excluding carboxylic acids is 1. The van der Waals surface area contributed by atoms with Crippen molar-refractivity contribution in [2.75, 3.05) is 39.3 Å². The van der Waals surface area contributed by atoms with E-state index >= 15 is 0 Å². The van der Waals surface area contributed by atoms with Crippen LogP contribution in [0.4, 0.5) is 13.2 Å². The molecule has 5 nitrogen and oxygen atoms in total. The summed E-state index contributed by atoms with van der Waals surface area (Å²) in [6, 6.07) is 8.94. The highest BCUT2D eigenvalue weighted by Crippen LogP contribution is 2.41. The molecule has 0 saturated carbocycles. The van der Waals surface area contributed by atoms with E-state index in [0.29, 0.717) is 26.2 Å². The van der Waals surface area contributed by atoms with Crippen LogP contribution >= 0.6 is 0 Å². The number of hydrogen-bond acceptors (Lipinski definition) is 3. The summed E-state index contributed by atoms with van der Waals surface area (Å²) in [5.41, 5.74) is 8.69. The zero-order valence-electron chi connectivity index (χ0n) is 23.6. The van der Waals surface area contributed by atoms with E-state index in [-0.39, 0.29) is 23.1 Å². The quantitative estimate of drug-likeness (QED) is 0.321. The van der Waals surface area contributed by atoms with Crippen molar-refractivity contribution >= 4 is 5.91 Å². The van der Waals surface area contributed by atoms with Crippen molar-refractivity contribution in [2.45, 2.75) is 72.1 Å². The van der Waals surface area contributed by atoms with Gasteiger partial charge in [-0.25, -0.2) is 0 Å². The van der Waals surface area contributed by atoms with Crippen LogP contribution < -0.4 is 10.5 Å². The van der Waals surface area contributed by atoms with Gasteiger partial charge in [0.05, 0.1) is 43.9 Å². The Morgan fingerprint density at radius 3 is 2.13 bits per heavy atom. The molecular weight excluding hydrogens is 491 g/mol. The normalized spacial score (nSPS) is 16.8. The molecule has 1 amide bonds. The molecule has 0 spiro atoms. The molecule has 3 rings (SSSR count). The monoisotopic (exact) mass is 534 g/mol. The molecule has 0 radical (unpaired) electrons. The van der Waals surface area contributed by atoms with Crippen molar-refractivity contribution in [3.05, 3.63) is 64.2 Å². The van der Waals surface area contributed by atoms with Crippen LogP contribution in [0.1, 0.15) is 79.2 Å². The second-order valence-corrected chi connectivity index (χ2v) is 11.4. The first-order chi connectivity index (χ1) is 17.7. The lowest BCUT2D eigenvalue weighted by molar-refractivity contribution is -0.998. The molecule has 0 aliphatic carbocycles. The molecule has 1 atom stereocenters. The fraction of sp³-hybridized carbons (Fsp3) is 0.567. The number of nitrogens with zero attached hydrogens (tertiary/aromatic N) is 2. The Labute approximate surface area is 225 Å². The second-order valence-electron chi connectivity index (χ2n) is 11.4. The van der Waals surface area contributed by atoms with Gasteiger partial charge in [-0.2, -0.15) is 13.2 Å². The van der Waals surface area contributed by atoms with Crippen molar-refractivity contribution in [1.82, 2.24) is 4.90 Å². The molecule has 1 aliphatic heterocycles. The van der Waals surface area contributed by atoms with Crippen LogP contribution in [-0.4, -0.2) is 60.2 Å². The molecule has 2 N–H and O–H groups in total. The summed E-state index contributed by atoms with van der Waals surface area (Å²) in [5.74, 6) is 0.686. The standard InChI is InChI=1S/C30H43F3N3O2/c1-21-22(2)27(38-20-8-7-15-34)14-13-26(21)23(3)36(29(4,5)6)18-16-35(17-19-36)28(37)24-9-11-25(12-10-24)30(31,32)33/h9-14,23H,7-8,15-20,34H2,1-6H3/q+1. The molecule has 210 valence electrons. The summed E-state index contributed by atoms with van der Waals surface area (Å²) in [6.45, 7) is 17.2. The van der Waals surface area contributed by atoms with Gasteiger partial charge in [-0.1, -0.05) is 0 Å². The van der Waals surface area contributed by atoms with E-state index in [0.717, 1.165) is 53.9 Å². The van der Waals surface area contributed by atoms with E-state index in [1.807, 2.05) is 0 Å². The maximum absolute atomic E-state index is 13.1. The number of amides is 1. The molecule has 0 aromatic heterocycles. The van der Waals surface area contributed by atoms with Crippen LogP contribution in [0.3, 0.4) is 0 Å². The average molecular weight is 535 g/mol. The molecule has 1 heterocycles. The number of ether oxygens (including phenoxy) is 1. The van der Waals surface area contributed by atoms with Gasteiger partial charge in [0.2, 0.25) is 0 Å². The number of piperazine rings is 1. The van der Waals surface area contributed by atoms with E-state index in [2.05, 4.69) is 53.7 Å². The highest BCUT2D eigenvalue weighted by Gasteiger charge is 2.48. The zero-order chi connectivity index (χ0) is 28.3. The number of unbranched alkanes of at least 4 members (excludes halogenated alkanes) is 1. The lowest BCUT2D eigenvalue weighted by Gasteiger charge is -2.56. The van der Waals surface area contributed by atoms with Gasteiger partial charge < -0.3 is 19.9 Å².